The van der Waals surface area contributed by atoms with Crippen LogP contribution in [0.25, 0.3) is 0 Å². The molecule has 0 radical (unpaired) electrons. The molecule has 0 aliphatic carbocycles. The first-order valence-corrected chi connectivity index (χ1v) is 8.02. The molecule has 0 N–H and O–H groups in total. The minimum atomic E-state index is -0.294. The molecule has 0 fully saturated rings. The van der Waals surface area contributed by atoms with Crippen LogP contribution < -0.4 is 3.61 Å². The summed E-state index contributed by atoms with van der Waals surface area (Å²) in [5, 5.41) is 0. The molecule has 2 aromatic rings. The fraction of sp³-hybridized carbons (Fsp3) is 0.125. The number of hydrogen-bond donors (Lipinski definition) is 0. The van der Waals surface area contributed by atoms with Crippen LogP contribution in [0.15, 0.2) is 60.7 Å². The monoisotopic (exact) mass is 336 g/mol. The fourth-order valence-electron chi connectivity index (χ4n) is 1.49. The molecule has 0 atom stereocenters. The second kappa shape index (κ2) is 7.18. The quantitative estimate of drug-likeness (QED) is 0.598. The van der Waals surface area contributed by atoms with Crippen molar-refractivity contribution in [1.29, 1.82) is 0 Å². The van der Waals surface area contributed by atoms with E-state index in [1.807, 2.05) is 0 Å². The molecule has 0 aliphatic rings. The summed E-state index contributed by atoms with van der Waals surface area (Å²) in [5.41, 5.74) is 1.38. The van der Waals surface area contributed by atoms with Gasteiger partial charge in [0, 0.05) is 0 Å². The summed E-state index contributed by atoms with van der Waals surface area (Å²) in [6.07, 6.45) is 2.04. The third-order valence-electron chi connectivity index (χ3n) is 2.37. The molecule has 0 aromatic heterocycles. The topological polar surface area (TPSA) is 0 Å². The van der Waals surface area contributed by atoms with Gasteiger partial charge in [-0.05, 0) is 0 Å². The first-order valence-electron chi connectivity index (χ1n) is 5.69. The summed E-state index contributed by atoms with van der Waals surface area (Å²) in [6, 6.07) is 21.1. The van der Waals surface area contributed by atoms with Gasteiger partial charge in [0.25, 0.3) is 0 Å². The molecule has 0 saturated carbocycles. The van der Waals surface area contributed by atoms with Crippen LogP contribution in [-0.2, 0) is 6.42 Å². The molecule has 1 heteroatoms. The van der Waals surface area contributed by atoms with Gasteiger partial charge in [-0.15, -0.1) is 0 Å². The first-order chi connectivity index (χ1) is 8.45. The molecule has 0 bridgehead atoms. The molecular weight excluding hydrogens is 320 g/mol. The van der Waals surface area contributed by atoms with Crippen LogP contribution in [0.5, 0.6) is 0 Å². The second-order valence-electron chi connectivity index (χ2n) is 3.68. The number of hydrogen-bond acceptors (Lipinski definition) is 0. The van der Waals surface area contributed by atoms with Gasteiger partial charge in [-0.2, -0.15) is 0 Å². The SMILES string of the molecule is C(#C[Te]c1ccccc1)CCc1ccccc1. The average Bonchev–Trinajstić information content (AvgIpc) is 2.41. The van der Waals surface area contributed by atoms with Crippen molar-refractivity contribution in [3.63, 3.8) is 0 Å². The Morgan fingerprint density at radius 1 is 0.824 bits per heavy atom. The maximum atomic E-state index is 3.35. The normalized spacial score (nSPS) is 9.41. The average molecular weight is 334 g/mol. The zero-order valence-corrected chi connectivity index (χ0v) is 11.9. The summed E-state index contributed by atoms with van der Waals surface area (Å²) in [4.78, 5) is 0. The van der Waals surface area contributed by atoms with Gasteiger partial charge in [-0.3, -0.25) is 0 Å². The third kappa shape index (κ3) is 4.66. The molecule has 0 amide bonds. The Balaban J connectivity index is 1.76. The third-order valence-corrected chi connectivity index (χ3v) is 4.52. The van der Waals surface area contributed by atoms with Crippen LogP contribution >= 0.6 is 0 Å². The first kappa shape index (κ1) is 12.3. The standard InChI is InChI=1S/C16H14Te/c1-3-9-15(10-4-1)11-7-8-14-17-16-12-5-2-6-13-16/h1-6,9-10,12-13H,7,11H2. The van der Waals surface area contributed by atoms with Crippen molar-refractivity contribution in [1.82, 2.24) is 0 Å². The summed E-state index contributed by atoms with van der Waals surface area (Å²) >= 11 is -0.294. The predicted octanol–water partition coefficient (Wildman–Crippen LogP) is 2.61. The predicted molar refractivity (Wildman–Crippen MR) is 74.4 cm³/mol. The van der Waals surface area contributed by atoms with Crippen molar-refractivity contribution in [2.24, 2.45) is 0 Å². The Labute approximate surface area is 113 Å². The summed E-state index contributed by atoms with van der Waals surface area (Å²) in [5.74, 6) is 3.29. The Bertz CT molecular complexity index is 491. The van der Waals surface area contributed by atoms with Crippen molar-refractivity contribution in [2.75, 3.05) is 0 Å². The van der Waals surface area contributed by atoms with Crippen LogP contribution in [0.2, 0.25) is 0 Å². The molecule has 0 heterocycles. The van der Waals surface area contributed by atoms with Crippen molar-refractivity contribution in [3.8, 4) is 9.89 Å². The van der Waals surface area contributed by atoms with Gasteiger partial charge in [0.15, 0.2) is 0 Å². The molecule has 0 nitrogen and oxygen atoms in total. The molecule has 0 unspecified atom stereocenters. The Morgan fingerprint density at radius 2 is 1.47 bits per heavy atom. The van der Waals surface area contributed by atoms with Crippen LogP contribution in [0.4, 0.5) is 0 Å². The van der Waals surface area contributed by atoms with E-state index in [2.05, 4.69) is 70.6 Å². The Morgan fingerprint density at radius 3 is 2.18 bits per heavy atom. The van der Waals surface area contributed by atoms with Crippen molar-refractivity contribution in [2.45, 2.75) is 12.8 Å². The molecular formula is C16H14Te. The zero-order valence-electron chi connectivity index (χ0n) is 9.60. The number of rotatable bonds is 3. The van der Waals surface area contributed by atoms with Crippen LogP contribution in [-0.4, -0.2) is 20.9 Å². The van der Waals surface area contributed by atoms with Gasteiger partial charge in [0.05, 0.1) is 0 Å². The van der Waals surface area contributed by atoms with Gasteiger partial charge in [0.1, 0.15) is 0 Å². The van der Waals surface area contributed by atoms with E-state index in [-0.39, 0.29) is 20.9 Å². The van der Waals surface area contributed by atoms with Crippen molar-refractivity contribution >= 4 is 24.5 Å². The van der Waals surface area contributed by atoms with E-state index in [0.717, 1.165) is 12.8 Å². The van der Waals surface area contributed by atoms with Crippen LogP contribution in [0.3, 0.4) is 0 Å². The van der Waals surface area contributed by atoms with E-state index in [0.29, 0.717) is 0 Å². The minimum absolute atomic E-state index is 0.294. The van der Waals surface area contributed by atoms with E-state index >= 15 is 0 Å². The van der Waals surface area contributed by atoms with Gasteiger partial charge in [0.2, 0.25) is 0 Å². The number of benzene rings is 2. The van der Waals surface area contributed by atoms with Crippen molar-refractivity contribution in [3.05, 3.63) is 66.2 Å². The van der Waals surface area contributed by atoms with Gasteiger partial charge in [-0.1, -0.05) is 0 Å². The molecule has 84 valence electrons. The molecule has 17 heavy (non-hydrogen) atoms. The molecule has 0 aliphatic heterocycles. The number of aryl methyl sites for hydroxylation is 1. The Hall–Kier alpha value is -1.21. The Kier molecular flexibility index (Phi) is 5.18. The van der Waals surface area contributed by atoms with Gasteiger partial charge >= 0.3 is 113 Å². The van der Waals surface area contributed by atoms with Crippen LogP contribution in [0.1, 0.15) is 12.0 Å². The maximum absolute atomic E-state index is 3.35. The molecule has 2 rings (SSSR count). The van der Waals surface area contributed by atoms with E-state index in [1.165, 1.54) is 9.17 Å². The summed E-state index contributed by atoms with van der Waals surface area (Å²) < 4.78 is 4.77. The van der Waals surface area contributed by atoms with Crippen LogP contribution in [0, 0.1) is 9.89 Å². The summed E-state index contributed by atoms with van der Waals surface area (Å²) in [6.45, 7) is 0. The van der Waals surface area contributed by atoms with E-state index in [4.69, 9.17) is 0 Å². The molecule has 0 saturated heterocycles. The van der Waals surface area contributed by atoms with Crippen molar-refractivity contribution < 1.29 is 0 Å². The van der Waals surface area contributed by atoms with Gasteiger partial charge < -0.3 is 0 Å². The fourth-order valence-corrected chi connectivity index (χ4v) is 3.16. The second-order valence-corrected chi connectivity index (χ2v) is 6.19. The molecule has 0 spiro atoms. The zero-order chi connectivity index (χ0) is 11.8. The van der Waals surface area contributed by atoms with Gasteiger partial charge in [-0.25, -0.2) is 0 Å². The summed E-state index contributed by atoms with van der Waals surface area (Å²) in [7, 11) is 0. The van der Waals surface area contributed by atoms with E-state index in [1.54, 1.807) is 0 Å². The van der Waals surface area contributed by atoms with E-state index < -0.39 is 0 Å². The van der Waals surface area contributed by atoms with E-state index in [9.17, 15) is 0 Å². The molecule has 2 aromatic carbocycles.